The molecule has 1 aromatic rings. The van der Waals surface area contributed by atoms with Crippen molar-refractivity contribution in [2.24, 2.45) is 0 Å². The average Bonchev–Trinajstić information content (AvgIpc) is 2.24. The summed E-state index contributed by atoms with van der Waals surface area (Å²) in [5.41, 5.74) is -0.519. The molecule has 0 aliphatic rings. The van der Waals surface area contributed by atoms with Gasteiger partial charge in [-0.2, -0.15) is 4.31 Å². The van der Waals surface area contributed by atoms with Crippen molar-refractivity contribution in [3.63, 3.8) is 0 Å². The molecule has 0 spiro atoms. The largest absolute Gasteiger partial charge is 0.262 e. The van der Waals surface area contributed by atoms with E-state index in [4.69, 9.17) is 0 Å². The minimum Gasteiger partial charge on any atom is -0.262 e. The lowest BCUT2D eigenvalue weighted by Crippen LogP contribution is -2.45. The van der Waals surface area contributed by atoms with Crippen LogP contribution in [0.15, 0.2) is 40.5 Å². The number of nitrogens with zero attached hydrogens (tertiary/aromatic N) is 2. The Labute approximate surface area is 117 Å². The third kappa shape index (κ3) is 3.40. The van der Waals surface area contributed by atoms with Gasteiger partial charge in [0.1, 0.15) is 4.90 Å². The maximum absolute atomic E-state index is 12.5. The van der Waals surface area contributed by atoms with Gasteiger partial charge in [0.25, 0.3) is 0 Å². The summed E-state index contributed by atoms with van der Waals surface area (Å²) in [5.74, 6) is 0. The molecule has 0 aromatic carbocycles. The quantitative estimate of drug-likeness (QED) is 0.796. The lowest BCUT2D eigenvalue weighted by Gasteiger charge is -2.33. The molecule has 0 saturated heterocycles. The molecule has 100 valence electrons. The fraction of sp³-hybridized carbons (Fsp3) is 0.417. The van der Waals surface area contributed by atoms with Gasteiger partial charge in [-0.05, 0) is 42.8 Å². The van der Waals surface area contributed by atoms with Gasteiger partial charge >= 0.3 is 0 Å². The van der Waals surface area contributed by atoms with Gasteiger partial charge < -0.3 is 0 Å². The molecule has 0 amide bonds. The van der Waals surface area contributed by atoms with Crippen LogP contribution in [0.25, 0.3) is 0 Å². The molecule has 0 fully saturated rings. The lowest BCUT2D eigenvalue weighted by atomic mass is 10.1. The minimum atomic E-state index is -3.57. The highest BCUT2D eigenvalue weighted by molar-refractivity contribution is 9.10. The fourth-order valence-electron chi connectivity index (χ4n) is 1.51. The number of aromatic nitrogens is 1. The van der Waals surface area contributed by atoms with Crippen molar-refractivity contribution in [2.75, 3.05) is 6.54 Å². The number of pyridine rings is 1. The Morgan fingerprint density at radius 3 is 2.50 bits per heavy atom. The third-order valence-corrected chi connectivity index (χ3v) is 4.84. The summed E-state index contributed by atoms with van der Waals surface area (Å²) in [4.78, 5) is 4.07. The standard InChI is InChI=1S/C12H17BrN2O2S/c1-5-6-15(12(2,3)4)18(16,17)11-7-10(13)8-14-9-11/h5,7-9H,1,6H2,2-4H3. The molecule has 0 bridgehead atoms. The van der Waals surface area contributed by atoms with Crippen molar-refractivity contribution in [2.45, 2.75) is 31.2 Å². The Kier molecular flexibility index (Phi) is 4.69. The van der Waals surface area contributed by atoms with Crippen molar-refractivity contribution in [3.8, 4) is 0 Å². The first-order valence-corrected chi connectivity index (χ1v) is 7.67. The molecule has 18 heavy (non-hydrogen) atoms. The van der Waals surface area contributed by atoms with E-state index in [9.17, 15) is 8.42 Å². The van der Waals surface area contributed by atoms with Crippen LogP contribution in [0.1, 0.15) is 20.8 Å². The molecule has 4 nitrogen and oxygen atoms in total. The Balaban J connectivity index is 3.30. The van der Waals surface area contributed by atoms with Crippen molar-refractivity contribution in [1.29, 1.82) is 0 Å². The highest BCUT2D eigenvalue weighted by atomic mass is 79.9. The first kappa shape index (κ1) is 15.3. The van der Waals surface area contributed by atoms with E-state index in [1.807, 2.05) is 20.8 Å². The summed E-state index contributed by atoms with van der Waals surface area (Å²) in [7, 11) is -3.57. The summed E-state index contributed by atoms with van der Waals surface area (Å²) >= 11 is 3.23. The molecule has 1 aromatic heterocycles. The van der Waals surface area contributed by atoms with E-state index in [1.165, 1.54) is 10.5 Å². The zero-order chi connectivity index (χ0) is 14.0. The molecule has 0 saturated carbocycles. The van der Waals surface area contributed by atoms with E-state index >= 15 is 0 Å². The van der Waals surface area contributed by atoms with Crippen LogP contribution in [0.5, 0.6) is 0 Å². The van der Waals surface area contributed by atoms with Crippen LogP contribution in [0.2, 0.25) is 0 Å². The predicted octanol–water partition coefficient (Wildman–Crippen LogP) is 2.82. The van der Waals surface area contributed by atoms with Gasteiger partial charge in [-0.15, -0.1) is 6.58 Å². The summed E-state index contributed by atoms with van der Waals surface area (Å²) in [6, 6.07) is 1.55. The van der Waals surface area contributed by atoms with E-state index in [0.717, 1.165) is 0 Å². The third-order valence-electron chi connectivity index (χ3n) is 2.31. The van der Waals surface area contributed by atoms with E-state index in [2.05, 4.69) is 27.5 Å². The summed E-state index contributed by atoms with van der Waals surface area (Å²) in [5, 5.41) is 0. The SMILES string of the molecule is C=CCN(C(C)(C)C)S(=O)(=O)c1cncc(Br)c1. The van der Waals surface area contributed by atoms with Gasteiger partial charge in [0, 0.05) is 29.0 Å². The van der Waals surface area contributed by atoms with E-state index < -0.39 is 15.6 Å². The zero-order valence-corrected chi connectivity index (χ0v) is 13.1. The number of halogens is 1. The maximum atomic E-state index is 12.5. The summed E-state index contributed by atoms with van der Waals surface area (Å²) in [6.45, 7) is 9.41. The highest BCUT2D eigenvalue weighted by Gasteiger charge is 2.33. The van der Waals surface area contributed by atoms with E-state index in [-0.39, 0.29) is 11.4 Å². The Morgan fingerprint density at radius 2 is 2.06 bits per heavy atom. The molecule has 6 heteroatoms. The van der Waals surface area contributed by atoms with Crippen molar-refractivity contribution < 1.29 is 8.42 Å². The average molecular weight is 333 g/mol. The molecule has 1 heterocycles. The Morgan fingerprint density at radius 1 is 1.44 bits per heavy atom. The predicted molar refractivity (Wildman–Crippen MR) is 75.8 cm³/mol. The van der Waals surface area contributed by atoms with Crippen molar-refractivity contribution in [3.05, 3.63) is 35.6 Å². The molecule has 0 aliphatic heterocycles. The van der Waals surface area contributed by atoms with Crippen LogP contribution in [0.3, 0.4) is 0 Å². The highest BCUT2D eigenvalue weighted by Crippen LogP contribution is 2.25. The second-order valence-electron chi connectivity index (χ2n) is 4.83. The van der Waals surface area contributed by atoms with Crippen LogP contribution >= 0.6 is 15.9 Å². The zero-order valence-electron chi connectivity index (χ0n) is 10.7. The second kappa shape index (κ2) is 5.50. The first-order valence-electron chi connectivity index (χ1n) is 5.44. The molecular formula is C12H17BrN2O2S. The monoisotopic (exact) mass is 332 g/mol. The van der Waals surface area contributed by atoms with E-state index in [1.54, 1.807) is 18.3 Å². The number of hydrogen-bond donors (Lipinski definition) is 0. The minimum absolute atomic E-state index is 0.175. The molecule has 0 unspecified atom stereocenters. The topological polar surface area (TPSA) is 50.3 Å². The van der Waals surface area contributed by atoms with Gasteiger partial charge in [0.15, 0.2) is 0 Å². The summed E-state index contributed by atoms with van der Waals surface area (Å²) in [6.07, 6.45) is 4.48. The van der Waals surface area contributed by atoms with Gasteiger partial charge in [0.2, 0.25) is 10.0 Å². The van der Waals surface area contributed by atoms with Gasteiger partial charge in [-0.1, -0.05) is 6.08 Å². The molecule has 0 N–H and O–H groups in total. The van der Waals surface area contributed by atoms with Gasteiger partial charge in [-0.3, -0.25) is 4.98 Å². The lowest BCUT2D eigenvalue weighted by molar-refractivity contribution is 0.270. The molecule has 0 atom stereocenters. The van der Waals surface area contributed by atoms with Crippen LogP contribution < -0.4 is 0 Å². The van der Waals surface area contributed by atoms with Gasteiger partial charge in [0.05, 0.1) is 0 Å². The van der Waals surface area contributed by atoms with Crippen molar-refractivity contribution in [1.82, 2.24) is 9.29 Å². The Hall–Kier alpha value is -0.720. The molecule has 0 aliphatic carbocycles. The smallest absolute Gasteiger partial charge is 0.245 e. The van der Waals surface area contributed by atoms with Crippen LogP contribution in [-0.2, 0) is 10.0 Å². The first-order chi connectivity index (χ1) is 8.19. The Bertz CT molecular complexity index is 535. The fourth-order valence-corrected chi connectivity index (χ4v) is 3.77. The molecular weight excluding hydrogens is 316 g/mol. The number of hydrogen-bond acceptors (Lipinski definition) is 3. The van der Waals surface area contributed by atoms with E-state index in [0.29, 0.717) is 4.47 Å². The van der Waals surface area contributed by atoms with Crippen LogP contribution in [0.4, 0.5) is 0 Å². The maximum Gasteiger partial charge on any atom is 0.245 e. The second-order valence-corrected chi connectivity index (χ2v) is 7.61. The number of rotatable bonds is 4. The van der Waals surface area contributed by atoms with Crippen LogP contribution in [0, 0.1) is 0 Å². The van der Waals surface area contributed by atoms with Crippen LogP contribution in [-0.4, -0.2) is 29.8 Å². The molecule has 0 radical (unpaired) electrons. The number of sulfonamides is 1. The normalized spacial score (nSPS) is 12.7. The molecule has 1 rings (SSSR count). The van der Waals surface area contributed by atoms with Crippen molar-refractivity contribution >= 4 is 26.0 Å². The summed E-state index contributed by atoms with van der Waals surface area (Å²) < 4.78 is 27.1. The van der Waals surface area contributed by atoms with Gasteiger partial charge in [-0.25, -0.2) is 8.42 Å².